The van der Waals surface area contributed by atoms with Crippen LogP contribution in [0.1, 0.15) is 31.2 Å². The first-order valence-electron chi connectivity index (χ1n) is 5.51. The largest absolute Gasteiger partial charge is 0.481 e. The standard InChI is InChI=1S/C12H16O3/c13-12(14)11(10-3-1-2-4-10)7-9-5-6-15-8-9/h5-6,8,10-11H,1-4,7H2,(H,13,14). The lowest BCUT2D eigenvalue weighted by atomic mass is 9.86. The first-order valence-corrected chi connectivity index (χ1v) is 5.51. The van der Waals surface area contributed by atoms with Crippen LogP contribution in [0.5, 0.6) is 0 Å². The maximum atomic E-state index is 11.2. The second-order valence-electron chi connectivity index (χ2n) is 4.32. The highest BCUT2D eigenvalue weighted by Gasteiger charge is 2.30. The van der Waals surface area contributed by atoms with Gasteiger partial charge in [0.1, 0.15) is 0 Å². The second kappa shape index (κ2) is 4.51. The molecular formula is C12H16O3. The topological polar surface area (TPSA) is 50.4 Å². The van der Waals surface area contributed by atoms with E-state index in [4.69, 9.17) is 4.42 Å². The molecule has 1 N–H and O–H groups in total. The molecule has 0 aliphatic heterocycles. The Hall–Kier alpha value is -1.25. The second-order valence-corrected chi connectivity index (χ2v) is 4.32. The van der Waals surface area contributed by atoms with Crippen LogP contribution in [0, 0.1) is 11.8 Å². The molecule has 3 heteroatoms. The van der Waals surface area contributed by atoms with Crippen LogP contribution in [0.25, 0.3) is 0 Å². The number of carboxylic acid groups (broad SMARTS) is 1. The lowest BCUT2D eigenvalue weighted by Crippen LogP contribution is -2.23. The van der Waals surface area contributed by atoms with Crippen LogP contribution in [0.2, 0.25) is 0 Å². The molecule has 1 unspecified atom stereocenters. The van der Waals surface area contributed by atoms with Crippen LogP contribution in [-0.4, -0.2) is 11.1 Å². The Bertz CT molecular complexity index is 310. The molecule has 1 saturated carbocycles. The zero-order chi connectivity index (χ0) is 10.7. The normalized spacial score (nSPS) is 19.2. The van der Waals surface area contributed by atoms with E-state index in [0.29, 0.717) is 12.3 Å². The molecule has 0 amide bonds. The van der Waals surface area contributed by atoms with Crippen LogP contribution in [0.15, 0.2) is 23.0 Å². The van der Waals surface area contributed by atoms with Gasteiger partial charge in [-0.05, 0) is 36.8 Å². The van der Waals surface area contributed by atoms with Crippen molar-refractivity contribution < 1.29 is 14.3 Å². The lowest BCUT2D eigenvalue weighted by molar-refractivity contribution is -0.143. The van der Waals surface area contributed by atoms with Gasteiger partial charge in [-0.2, -0.15) is 0 Å². The van der Waals surface area contributed by atoms with Gasteiger partial charge in [0.2, 0.25) is 0 Å². The molecule has 3 nitrogen and oxygen atoms in total. The molecular weight excluding hydrogens is 192 g/mol. The Morgan fingerprint density at radius 3 is 2.80 bits per heavy atom. The van der Waals surface area contributed by atoms with E-state index in [1.54, 1.807) is 12.5 Å². The van der Waals surface area contributed by atoms with Gasteiger partial charge in [0.25, 0.3) is 0 Å². The van der Waals surface area contributed by atoms with E-state index in [-0.39, 0.29) is 5.92 Å². The first kappa shape index (κ1) is 10.3. The minimum Gasteiger partial charge on any atom is -0.481 e. The molecule has 0 spiro atoms. The molecule has 0 saturated heterocycles. The summed E-state index contributed by atoms with van der Waals surface area (Å²) < 4.78 is 4.96. The van der Waals surface area contributed by atoms with Gasteiger partial charge >= 0.3 is 5.97 Å². The number of hydrogen-bond acceptors (Lipinski definition) is 2. The van der Waals surface area contributed by atoms with Crippen LogP contribution < -0.4 is 0 Å². The summed E-state index contributed by atoms with van der Waals surface area (Å²) in [5.41, 5.74) is 0.995. The highest BCUT2D eigenvalue weighted by Crippen LogP contribution is 2.33. The number of furan rings is 1. The Labute approximate surface area is 89.1 Å². The highest BCUT2D eigenvalue weighted by atomic mass is 16.4. The fourth-order valence-electron chi connectivity index (χ4n) is 2.48. The summed E-state index contributed by atoms with van der Waals surface area (Å²) in [5, 5.41) is 9.20. The Morgan fingerprint density at radius 1 is 1.53 bits per heavy atom. The van der Waals surface area contributed by atoms with Crippen molar-refractivity contribution in [2.24, 2.45) is 11.8 Å². The van der Waals surface area contributed by atoms with E-state index >= 15 is 0 Å². The predicted molar refractivity (Wildman–Crippen MR) is 55.5 cm³/mol. The zero-order valence-corrected chi connectivity index (χ0v) is 8.69. The summed E-state index contributed by atoms with van der Waals surface area (Å²) in [6.07, 6.45) is 8.34. The average molecular weight is 208 g/mol. The SMILES string of the molecule is O=C(O)C(Cc1ccoc1)C1CCCC1. The molecule has 2 rings (SSSR count). The molecule has 0 radical (unpaired) electrons. The quantitative estimate of drug-likeness (QED) is 0.827. The summed E-state index contributed by atoms with van der Waals surface area (Å²) in [5.74, 6) is -0.536. The van der Waals surface area contributed by atoms with Gasteiger partial charge < -0.3 is 9.52 Å². The molecule has 1 aliphatic rings. The van der Waals surface area contributed by atoms with Crippen LogP contribution in [-0.2, 0) is 11.2 Å². The molecule has 1 heterocycles. The number of carboxylic acids is 1. The molecule has 1 aromatic heterocycles. The van der Waals surface area contributed by atoms with Crippen molar-refractivity contribution >= 4 is 5.97 Å². The minimum absolute atomic E-state index is 0.231. The first-order chi connectivity index (χ1) is 7.27. The van der Waals surface area contributed by atoms with Gasteiger partial charge in [0.05, 0.1) is 18.4 Å². The fraction of sp³-hybridized carbons (Fsp3) is 0.583. The van der Waals surface area contributed by atoms with Gasteiger partial charge in [-0.15, -0.1) is 0 Å². The van der Waals surface area contributed by atoms with Gasteiger partial charge in [0.15, 0.2) is 0 Å². The van der Waals surface area contributed by atoms with E-state index in [1.165, 1.54) is 12.8 Å². The minimum atomic E-state index is -0.664. The molecule has 0 aromatic carbocycles. The smallest absolute Gasteiger partial charge is 0.307 e. The molecule has 15 heavy (non-hydrogen) atoms. The van der Waals surface area contributed by atoms with E-state index in [1.807, 2.05) is 6.07 Å². The maximum absolute atomic E-state index is 11.2. The number of aliphatic carboxylic acids is 1. The fourth-order valence-corrected chi connectivity index (χ4v) is 2.48. The van der Waals surface area contributed by atoms with Crippen molar-refractivity contribution in [3.63, 3.8) is 0 Å². The zero-order valence-electron chi connectivity index (χ0n) is 8.69. The predicted octanol–water partition coefficient (Wildman–Crippen LogP) is 2.71. The summed E-state index contributed by atoms with van der Waals surface area (Å²) in [6.45, 7) is 0. The monoisotopic (exact) mass is 208 g/mol. The van der Waals surface area contributed by atoms with E-state index in [9.17, 15) is 9.90 Å². The number of rotatable bonds is 4. The van der Waals surface area contributed by atoms with Gasteiger partial charge in [-0.3, -0.25) is 4.79 Å². The summed E-state index contributed by atoms with van der Waals surface area (Å²) >= 11 is 0. The highest BCUT2D eigenvalue weighted by molar-refractivity contribution is 5.70. The summed E-state index contributed by atoms with van der Waals surface area (Å²) in [7, 11) is 0. The van der Waals surface area contributed by atoms with E-state index < -0.39 is 5.97 Å². The average Bonchev–Trinajstić information content (AvgIpc) is 2.87. The van der Waals surface area contributed by atoms with Crippen LogP contribution in [0.4, 0.5) is 0 Å². The number of carbonyl (C=O) groups is 1. The van der Waals surface area contributed by atoms with Gasteiger partial charge in [0, 0.05) is 0 Å². The molecule has 1 fully saturated rings. The molecule has 82 valence electrons. The third kappa shape index (κ3) is 2.41. The third-order valence-corrected chi connectivity index (χ3v) is 3.32. The van der Waals surface area contributed by atoms with Crippen molar-refractivity contribution in [3.8, 4) is 0 Å². The molecule has 1 atom stereocenters. The van der Waals surface area contributed by atoms with E-state index in [0.717, 1.165) is 18.4 Å². The van der Waals surface area contributed by atoms with Crippen molar-refractivity contribution in [3.05, 3.63) is 24.2 Å². The van der Waals surface area contributed by atoms with E-state index in [2.05, 4.69) is 0 Å². The lowest BCUT2D eigenvalue weighted by Gasteiger charge is -2.18. The van der Waals surface area contributed by atoms with Gasteiger partial charge in [-0.25, -0.2) is 0 Å². The summed E-state index contributed by atoms with van der Waals surface area (Å²) in [6, 6.07) is 1.85. The van der Waals surface area contributed by atoms with Crippen molar-refractivity contribution in [1.29, 1.82) is 0 Å². The van der Waals surface area contributed by atoms with Crippen LogP contribution in [0.3, 0.4) is 0 Å². The summed E-state index contributed by atoms with van der Waals surface area (Å²) in [4.78, 5) is 11.2. The molecule has 1 aliphatic carbocycles. The van der Waals surface area contributed by atoms with Crippen LogP contribution >= 0.6 is 0 Å². The molecule has 0 bridgehead atoms. The third-order valence-electron chi connectivity index (χ3n) is 3.32. The number of hydrogen-bond donors (Lipinski definition) is 1. The maximum Gasteiger partial charge on any atom is 0.307 e. The van der Waals surface area contributed by atoms with Gasteiger partial charge in [-0.1, -0.05) is 12.8 Å². The molecule has 1 aromatic rings. The van der Waals surface area contributed by atoms with Crippen molar-refractivity contribution in [1.82, 2.24) is 0 Å². The Balaban J connectivity index is 2.03. The Morgan fingerprint density at radius 2 is 2.27 bits per heavy atom. The van der Waals surface area contributed by atoms with Crippen molar-refractivity contribution in [2.45, 2.75) is 32.1 Å². The Kier molecular flexibility index (Phi) is 3.09. The van der Waals surface area contributed by atoms with Crippen molar-refractivity contribution in [2.75, 3.05) is 0 Å².